The summed E-state index contributed by atoms with van der Waals surface area (Å²) in [7, 11) is 2.52. The predicted octanol–water partition coefficient (Wildman–Crippen LogP) is 5.85. The van der Waals surface area contributed by atoms with Gasteiger partial charge in [-0.25, -0.2) is 9.37 Å². The zero-order valence-corrected chi connectivity index (χ0v) is 20.4. The van der Waals surface area contributed by atoms with E-state index in [9.17, 15) is 31.9 Å². The summed E-state index contributed by atoms with van der Waals surface area (Å²) in [5, 5.41) is 11.6. The molecule has 3 aromatic rings. The Kier molecular flexibility index (Phi) is 8.47. The van der Waals surface area contributed by atoms with Crippen LogP contribution in [0.25, 0.3) is 11.3 Å². The Hall–Kier alpha value is -3.60. The molecule has 1 atom stereocenters. The van der Waals surface area contributed by atoms with Crippen LogP contribution in [0.1, 0.15) is 22.5 Å². The zero-order chi connectivity index (χ0) is 27.4. The van der Waals surface area contributed by atoms with Gasteiger partial charge in [0.15, 0.2) is 11.5 Å². The number of halogens is 6. The Bertz CT molecular complexity index is 1290. The minimum Gasteiger partial charge on any atom is -0.504 e. The summed E-state index contributed by atoms with van der Waals surface area (Å²) in [6.45, 7) is -2.42. The van der Waals surface area contributed by atoms with Crippen LogP contribution in [-0.2, 0) is 5.41 Å². The number of phenols is 1. The Labute approximate surface area is 214 Å². The maximum atomic E-state index is 14.6. The largest absolute Gasteiger partial charge is 0.504 e. The number of nitrogens with zero attached hydrogens (tertiary/aromatic N) is 1. The second-order valence-electron chi connectivity index (χ2n) is 7.96. The molecule has 12 heteroatoms. The molecular formula is C25H22ClF5N2O4. The number of carbonyl (C=O) groups excluding carboxylic acids is 1. The maximum absolute atomic E-state index is 14.6. The number of carbonyl (C=O) groups is 1. The normalized spacial score (nSPS) is 13.1. The summed E-state index contributed by atoms with van der Waals surface area (Å²) in [6.07, 6.45) is -6.09. The number of alkyl halides is 4. The van der Waals surface area contributed by atoms with Crippen LogP contribution in [0.3, 0.4) is 0 Å². The van der Waals surface area contributed by atoms with Crippen LogP contribution < -0.4 is 14.8 Å². The molecule has 0 saturated heterocycles. The molecule has 37 heavy (non-hydrogen) atoms. The molecule has 2 aromatic carbocycles. The third-order valence-electron chi connectivity index (χ3n) is 5.82. The molecule has 1 heterocycles. The number of ether oxygens (including phenoxy) is 2. The van der Waals surface area contributed by atoms with Crippen LogP contribution in [0.4, 0.5) is 22.0 Å². The van der Waals surface area contributed by atoms with Gasteiger partial charge in [0.1, 0.15) is 22.7 Å². The highest BCUT2D eigenvalue weighted by molar-refractivity contribution is 6.31. The number of amides is 1. The third-order valence-corrected chi connectivity index (χ3v) is 6.11. The fourth-order valence-electron chi connectivity index (χ4n) is 3.74. The lowest BCUT2D eigenvalue weighted by molar-refractivity contribution is -0.193. The number of aromatic hydroxyl groups is 1. The molecule has 6 nitrogen and oxygen atoms in total. The van der Waals surface area contributed by atoms with Crippen molar-refractivity contribution in [1.82, 2.24) is 10.3 Å². The fraction of sp³-hybridized carbons (Fsp3) is 0.280. The Morgan fingerprint density at radius 2 is 1.76 bits per heavy atom. The van der Waals surface area contributed by atoms with Crippen LogP contribution in [0.2, 0.25) is 5.02 Å². The summed E-state index contributed by atoms with van der Waals surface area (Å²) in [5.41, 5.74) is -3.51. The third kappa shape index (κ3) is 5.71. The van der Waals surface area contributed by atoms with E-state index in [-0.39, 0.29) is 39.1 Å². The molecule has 1 amide bonds. The van der Waals surface area contributed by atoms with E-state index in [1.807, 2.05) is 0 Å². The van der Waals surface area contributed by atoms with E-state index >= 15 is 0 Å². The summed E-state index contributed by atoms with van der Waals surface area (Å²) in [5.74, 6) is -1.90. The van der Waals surface area contributed by atoms with E-state index in [0.717, 1.165) is 24.3 Å². The highest BCUT2D eigenvalue weighted by atomic mass is 35.5. The molecule has 0 aliphatic carbocycles. The molecule has 0 saturated carbocycles. The van der Waals surface area contributed by atoms with Gasteiger partial charge in [-0.3, -0.25) is 9.18 Å². The van der Waals surface area contributed by atoms with Gasteiger partial charge in [-0.1, -0.05) is 11.6 Å². The van der Waals surface area contributed by atoms with E-state index in [1.54, 1.807) is 0 Å². The van der Waals surface area contributed by atoms with Gasteiger partial charge >= 0.3 is 6.18 Å². The lowest BCUT2D eigenvalue weighted by atomic mass is 9.79. The number of hydrogen-bond acceptors (Lipinski definition) is 5. The molecule has 198 valence electrons. The number of aromatic nitrogens is 1. The summed E-state index contributed by atoms with van der Waals surface area (Å²) < 4.78 is 81.2. The minimum absolute atomic E-state index is 0.0575. The van der Waals surface area contributed by atoms with E-state index in [2.05, 4.69) is 10.3 Å². The van der Waals surface area contributed by atoms with Crippen LogP contribution in [-0.4, -0.2) is 49.6 Å². The Morgan fingerprint density at radius 3 is 2.35 bits per heavy atom. The number of pyridine rings is 1. The van der Waals surface area contributed by atoms with Gasteiger partial charge in [-0.05, 0) is 55.0 Å². The molecular weight excluding hydrogens is 523 g/mol. The molecule has 1 aromatic heterocycles. The van der Waals surface area contributed by atoms with Crippen LogP contribution >= 0.6 is 11.6 Å². The van der Waals surface area contributed by atoms with Crippen molar-refractivity contribution in [3.05, 3.63) is 70.6 Å². The first-order valence-corrected chi connectivity index (χ1v) is 11.1. The minimum atomic E-state index is -5.04. The lowest BCUT2D eigenvalue weighted by Gasteiger charge is -2.35. The van der Waals surface area contributed by atoms with Crippen molar-refractivity contribution in [2.75, 3.05) is 27.4 Å². The first-order chi connectivity index (χ1) is 17.5. The van der Waals surface area contributed by atoms with Crippen molar-refractivity contribution in [2.45, 2.75) is 18.0 Å². The van der Waals surface area contributed by atoms with Gasteiger partial charge in [0.25, 0.3) is 5.91 Å². The number of hydrogen-bond donors (Lipinski definition) is 2. The van der Waals surface area contributed by atoms with Gasteiger partial charge in [-0.15, -0.1) is 0 Å². The molecule has 0 radical (unpaired) electrons. The first-order valence-electron chi connectivity index (χ1n) is 10.8. The highest BCUT2D eigenvalue weighted by Crippen LogP contribution is 2.45. The maximum Gasteiger partial charge on any atom is 0.401 e. The van der Waals surface area contributed by atoms with Crippen LogP contribution in [0, 0.1) is 5.82 Å². The number of rotatable bonds is 9. The number of methoxy groups -OCH3 is 2. The van der Waals surface area contributed by atoms with E-state index in [0.29, 0.717) is 0 Å². The topological polar surface area (TPSA) is 80.7 Å². The van der Waals surface area contributed by atoms with E-state index in [4.69, 9.17) is 21.1 Å². The molecule has 0 fully saturated rings. The number of phenolic OH excluding ortho intramolecular Hbond substituents is 1. The smallest absolute Gasteiger partial charge is 0.401 e. The van der Waals surface area contributed by atoms with Crippen LogP contribution in [0.15, 0.2) is 48.5 Å². The van der Waals surface area contributed by atoms with Crippen LogP contribution in [0.5, 0.6) is 17.2 Å². The average molecular weight is 545 g/mol. The molecule has 1 unspecified atom stereocenters. The molecule has 0 aliphatic rings. The quantitative estimate of drug-likeness (QED) is 0.330. The molecule has 2 N–H and O–H groups in total. The first kappa shape index (κ1) is 28.0. The van der Waals surface area contributed by atoms with Crippen molar-refractivity contribution < 1.29 is 41.3 Å². The van der Waals surface area contributed by atoms with Crippen molar-refractivity contribution in [1.29, 1.82) is 0 Å². The average Bonchev–Trinajstić information content (AvgIpc) is 2.87. The number of benzene rings is 2. The Balaban J connectivity index is 2.08. The summed E-state index contributed by atoms with van der Waals surface area (Å²) >= 11 is 5.84. The van der Waals surface area contributed by atoms with Gasteiger partial charge in [0.2, 0.25) is 0 Å². The number of nitrogens with one attached hydrogen (secondary N) is 1. The molecule has 0 aliphatic heterocycles. The predicted molar refractivity (Wildman–Crippen MR) is 127 cm³/mol. The van der Waals surface area contributed by atoms with Crippen molar-refractivity contribution >= 4 is 17.5 Å². The van der Waals surface area contributed by atoms with Crippen molar-refractivity contribution in [3.63, 3.8) is 0 Å². The van der Waals surface area contributed by atoms with Gasteiger partial charge < -0.3 is 19.9 Å². The monoisotopic (exact) mass is 544 g/mol. The van der Waals surface area contributed by atoms with Crippen molar-refractivity contribution in [2.24, 2.45) is 0 Å². The summed E-state index contributed by atoms with van der Waals surface area (Å²) in [4.78, 5) is 16.8. The SMILES string of the molecule is COc1cc(C(=O)NCC(CCF)(c2ccc(OC)c(-c3ccc(F)c(Cl)c3)n2)C(F)(F)F)ccc1O. The molecule has 3 rings (SSSR count). The lowest BCUT2D eigenvalue weighted by Crippen LogP contribution is -2.52. The van der Waals surface area contributed by atoms with Crippen molar-refractivity contribution in [3.8, 4) is 28.5 Å². The molecule has 0 spiro atoms. The standard InChI is InChI=1S/C25H22ClF5N2O4/c1-36-19-7-8-21(33-22(19)14-3-5-17(28)16(26)11-14)24(9-10-27,25(29,30)31)13-32-23(35)15-4-6-18(34)20(12-15)37-2/h3-8,11-12,34H,9-10,13H2,1-2H3,(H,32,35). The van der Waals surface area contributed by atoms with Gasteiger partial charge in [0.05, 0.1) is 31.6 Å². The molecule has 0 bridgehead atoms. The van der Waals surface area contributed by atoms with E-state index < -0.39 is 48.6 Å². The van der Waals surface area contributed by atoms with Gasteiger partial charge in [-0.2, -0.15) is 13.2 Å². The fourth-order valence-corrected chi connectivity index (χ4v) is 3.92. The summed E-state index contributed by atoms with van der Waals surface area (Å²) in [6, 6.07) is 9.22. The second-order valence-corrected chi connectivity index (χ2v) is 8.37. The van der Waals surface area contributed by atoms with E-state index in [1.165, 1.54) is 38.5 Å². The Morgan fingerprint density at radius 1 is 1.05 bits per heavy atom. The second kappa shape index (κ2) is 11.2. The van der Waals surface area contributed by atoms with Gasteiger partial charge in [0, 0.05) is 17.7 Å². The highest BCUT2D eigenvalue weighted by Gasteiger charge is 2.57. The zero-order valence-electron chi connectivity index (χ0n) is 19.6.